The fourth-order valence-electron chi connectivity index (χ4n) is 1.69. The number of nitrogens with zero attached hydrogens (tertiary/aromatic N) is 1. The summed E-state index contributed by atoms with van der Waals surface area (Å²) in [5, 5.41) is 6.12. The van der Waals surface area contributed by atoms with Crippen molar-refractivity contribution in [1.82, 2.24) is 15.6 Å². The Morgan fingerprint density at radius 1 is 1.05 bits per heavy atom. The molecule has 2 N–H and O–H groups in total. The van der Waals surface area contributed by atoms with Gasteiger partial charge in [0.2, 0.25) is 0 Å². The van der Waals surface area contributed by atoms with E-state index in [1.54, 1.807) is 18.3 Å². The fourth-order valence-corrected chi connectivity index (χ4v) is 1.69. The summed E-state index contributed by atoms with van der Waals surface area (Å²) in [4.78, 5) is 15.8. The molecule has 0 bridgehead atoms. The van der Waals surface area contributed by atoms with E-state index in [0.29, 0.717) is 12.1 Å². The molecular weight excluding hydrogens is 274 g/mol. The maximum atomic E-state index is 11.7. The second-order valence-electron chi connectivity index (χ2n) is 4.16. The Bertz CT molecular complexity index is 505. The van der Waals surface area contributed by atoms with E-state index >= 15 is 0 Å². The van der Waals surface area contributed by atoms with E-state index < -0.39 is 0 Å². The van der Waals surface area contributed by atoms with Gasteiger partial charge in [-0.3, -0.25) is 9.78 Å². The van der Waals surface area contributed by atoms with Gasteiger partial charge in [0.1, 0.15) is 0 Å². The molecule has 4 nitrogen and oxygen atoms in total. The van der Waals surface area contributed by atoms with Gasteiger partial charge in [0, 0.05) is 37.6 Å². The predicted octanol–water partition coefficient (Wildman–Crippen LogP) is 2.02. The quantitative estimate of drug-likeness (QED) is 0.801. The molecule has 1 heterocycles. The highest BCUT2D eigenvalue weighted by Crippen LogP contribution is 1.97. The highest BCUT2D eigenvalue weighted by molar-refractivity contribution is 5.94. The standard InChI is InChI=1S/C15H17N3O.ClH/c19-15(14-6-2-1-3-7-14)18-10-9-17-12-13-5-4-8-16-11-13;/h1-8,11,17H,9-10,12H2,(H,18,19);1H. The van der Waals surface area contributed by atoms with Gasteiger partial charge in [0.25, 0.3) is 5.91 Å². The maximum Gasteiger partial charge on any atom is 0.251 e. The number of nitrogens with one attached hydrogen (secondary N) is 2. The summed E-state index contributed by atoms with van der Waals surface area (Å²) in [5.41, 5.74) is 1.83. The van der Waals surface area contributed by atoms with Crippen LogP contribution in [0.4, 0.5) is 0 Å². The molecular formula is C15H18ClN3O. The monoisotopic (exact) mass is 291 g/mol. The summed E-state index contributed by atoms with van der Waals surface area (Å²) < 4.78 is 0. The summed E-state index contributed by atoms with van der Waals surface area (Å²) in [7, 11) is 0. The van der Waals surface area contributed by atoms with Gasteiger partial charge in [-0.1, -0.05) is 24.3 Å². The molecule has 0 saturated carbocycles. The highest BCUT2D eigenvalue weighted by atomic mass is 35.5. The lowest BCUT2D eigenvalue weighted by Gasteiger charge is -2.06. The number of carbonyl (C=O) groups excluding carboxylic acids is 1. The molecule has 0 unspecified atom stereocenters. The predicted molar refractivity (Wildman–Crippen MR) is 82.0 cm³/mol. The number of carbonyl (C=O) groups is 1. The largest absolute Gasteiger partial charge is 0.351 e. The maximum absolute atomic E-state index is 11.7. The third-order valence-electron chi connectivity index (χ3n) is 2.68. The van der Waals surface area contributed by atoms with Crippen molar-refractivity contribution in [2.45, 2.75) is 6.54 Å². The number of aromatic nitrogens is 1. The molecule has 0 radical (unpaired) electrons. The Balaban J connectivity index is 0.00000200. The van der Waals surface area contributed by atoms with E-state index in [1.165, 1.54) is 0 Å². The molecule has 2 aromatic rings. The van der Waals surface area contributed by atoms with Gasteiger partial charge in [0.15, 0.2) is 0 Å². The van der Waals surface area contributed by atoms with E-state index in [9.17, 15) is 4.79 Å². The molecule has 0 aliphatic carbocycles. The molecule has 1 aromatic heterocycles. The first-order valence-corrected chi connectivity index (χ1v) is 6.29. The minimum Gasteiger partial charge on any atom is -0.351 e. The zero-order valence-electron chi connectivity index (χ0n) is 11.1. The van der Waals surface area contributed by atoms with Crippen molar-refractivity contribution < 1.29 is 4.79 Å². The third kappa shape index (κ3) is 5.38. The molecule has 106 valence electrons. The van der Waals surface area contributed by atoms with Crippen LogP contribution in [0.3, 0.4) is 0 Å². The van der Waals surface area contributed by atoms with E-state index in [4.69, 9.17) is 0 Å². The molecule has 0 aliphatic heterocycles. The van der Waals surface area contributed by atoms with Gasteiger partial charge in [-0.05, 0) is 23.8 Å². The molecule has 2 rings (SSSR count). The molecule has 0 spiro atoms. The van der Waals surface area contributed by atoms with Gasteiger partial charge in [-0.2, -0.15) is 0 Å². The average Bonchev–Trinajstić information content (AvgIpc) is 2.49. The third-order valence-corrected chi connectivity index (χ3v) is 2.68. The van der Waals surface area contributed by atoms with E-state index in [-0.39, 0.29) is 18.3 Å². The Kier molecular flexibility index (Phi) is 7.32. The van der Waals surface area contributed by atoms with Crippen LogP contribution in [0.15, 0.2) is 54.9 Å². The van der Waals surface area contributed by atoms with Gasteiger partial charge in [-0.15, -0.1) is 12.4 Å². The molecule has 0 aliphatic rings. The molecule has 0 atom stereocenters. The van der Waals surface area contributed by atoms with Crippen molar-refractivity contribution >= 4 is 18.3 Å². The molecule has 1 amide bonds. The number of benzene rings is 1. The first-order valence-electron chi connectivity index (χ1n) is 6.29. The Labute approximate surface area is 125 Å². The van der Waals surface area contributed by atoms with Gasteiger partial charge in [-0.25, -0.2) is 0 Å². The Morgan fingerprint density at radius 2 is 1.85 bits per heavy atom. The van der Waals surface area contributed by atoms with Gasteiger partial charge >= 0.3 is 0 Å². The van der Waals surface area contributed by atoms with Crippen LogP contribution in [0.25, 0.3) is 0 Å². The minimum atomic E-state index is -0.0382. The molecule has 0 saturated heterocycles. The van der Waals surface area contributed by atoms with Gasteiger partial charge in [0.05, 0.1) is 0 Å². The van der Waals surface area contributed by atoms with Crippen molar-refractivity contribution in [3.8, 4) is 0 Å². The zero-order chi connectivity index (χ0) is 13.3. The van der Waals surface area contributed by atoms with Crippen LogP contribution in [0.2, 0.25) is 0 Å². The molecule has 1 aromatic carbocycles. The lowest BCUT2D eigenvalue weighted by molar-refractivity contribution is 0.0954. The van der Waals surface area contributed by atoms with E-state index in [1.807, 2.05) is 36.5 Å². The number of pyridine rings is 1. The summed E-state index contributed by atoms with van der Waals surface area (Å²) in [6, 6.07) is 13.1. The number of amides is 1. The van der Waals surface area contributed by atoms with Crippen LogP contribution in [-0.2, 0) is 6.54 Å². The van der Waals surface area contributed by atoms with Crippen LogP contribution >= 0.6 is 12.4 Å². The van der Waals surface area contributed by atoms with Crippen molar-refractivity contribution in [2.75, 3.05) is 13.1 Å². The minimum absolute atomic E-state index is 0. The summed E-state index contributed by atoms with van der Waals surface area (Å²) in [5.74, 6) is -0.0382. The summed E-state index contributed by atoms with van der Waals surface area (Å²) >= 11 is 0. The van der Waals surface area contributed by atoms with E-state index in [0.717, 1.165) is 18.7 Å². The van der Waals surface area contributed by atoms with Crippen molar-refractivity contribution in [3.05, 3.63) is 66.0 Å². The Hall–Kier alpha value is -1.91. The summed E-state index contributed by atoms with van der Waals surface area (Å²) in [6.45, 7) is 2.09. The number of halogens is 1. The highest BCUT2D eigenvalue weighted by Gasteiger charge is 2.02. The van der Waals surface area contributed by atoms with Crippen LogP contribution < -0.4 is 10.6 Å². The van der Waals surface area contributed by atoms with Crippen LogP contribution in [0, 0.1) is 0 Å². The lowest BCUT2D eigenvalue weighted by atomic mass is 10.2. The normalized spacial score (nSPS) is 9.60. The molecule has 20 heavy (non-hydrogen) atoms. The lowest BCUT2D eigenvalue weighted by Crippen LogP contribution is -2.31. The van der Waals surface area contributed by atoms with Crippen molar-refractivity contribution in [3.63, 3.8) is 0 Å². The smallest absolute Gasteiger partial charge is 0.251 e. The number of hydrogen-bond acceptors (Lipinski definition) is 3. The van der Waals surface area contributed by atoms with Crippen molar-refractivity contribution in [1.29, 1.82) is 0 Å². The van der Waals surface area contributed by atoms with E-state index in [2.05, 4.69) is 15.6 Å². The molecule has 0 fully saturated rings. The molecule has 5 heteroatoms. The van der Waals surface area contributed by atoms with Crippen LogP contribution in [0.5, 0.6) is 0 Å². The average molecular weight is 292 g/mol. The number of rotatable bonds is 6. The SMILES string of the molecule is Cl.O=C(NCCNCc1cccnc1)c1ccccc1. The fraction of sp³-hybridized carbons (Fsp3) is 0.200. The topological polar surface area (TPSA) is 54.0 Å². The van der Waals surface area contributed by atoms with Gasteiger partial charge < -0.3 is 10.6 Å². The van der Waals surface area contributed by atoms with Crippen LogP contribution in [-0.4, -0.2) is 24.0 Å². The Morgan fingerprint density at radius 3 is 2.55 bits per heavy atom. The van der Waals surface area contributed by atoms with Crippen LogP contribution in [0.1, 0.15) is 15.9 Å². The second kappa shape index (κ2) is 9.07. The second-order valence-corrected chi connectivity index (χ2v) is 4.16. The summed E-state index contributed by atoms with van der Waals surface area (Å²) in [6.07, 6.45) is 3.58. The first-order chi connectivity index (χ1) is 9.36. The first kappa shape index (κ1) is 16.1. The van der Waals surface area contributed by atoms with Crippen molar-refractivity contribution in [2.24, 2.45) is 0 Å². The number of hydrogen-bond donors (Lipinski definition) is 2. The zero-order valence-corrected chi connectivity index (χ0v) is 11.9.